The number of ether oxygens (including phenoxy) is 3. The van der Waals surface area contributed by atoms with E-state index in [0.29, 0.717) is 28.6 Å². The zero-order valence-electron chi connectivity index (χ0n) is 20.3. The van der Waals surface area contributed by atoms with Crippen LogP contribution in [0.2, 0.25) is 0 Å². The van der Waals surface area contributed by atoms with Crippen LogP contribution in [-0.2, 0) is 16.1 Å². The Morgan fingerprint density at radius 2 is 1.44 bits per heavy atom. The summed E-state index contributed by atoms with van der Waals surface area (Å²) in [5, 5.41) is 2.79. The molecule has 1 atom stereocenters. The topological polar surface area (TPSA) is 97.4 Å². The lowest BCUT2D eigenvalue weighted by atomic mass is 10.1. The molecular formula is C27H27N3O6. The highest BCUT2D eigenvalue weighted by Crippen LogP contribution is 2.30. The van der Waals surface area contributed by atoms with Gasteiger partial charge < -0.3 is 24.4 Å². The van der Waals surface area contributed by atoms with E-state index in [1.807, 2.05) is 12.1 Å². The molecule has 1 saturated heterocycles. The van der Waals surface area contributed by atoms with E-state index in [9.17, 15) is 14.4 Å². The molecule has 1 aliphatic heterocycles. The smallest absolute Gasteiger partial charge is 0.332 e. The molecular weight excluding hydrogens is 462 g/mol. The predicted octanol–water partition coefficient (Wildman–Crippen LogP) is 4.08. The Bertz CT molecular complexity index is 1240. The van der Waals surface area contributed by atoms with E-state index < -0.39 is 23.9 Å². The average molecular weight is 490 g/mol. The monoisotopic (exact) mass is 489 g/mol. The van der Waals surface area contributed by atoms with Crippen molar-refractivity contribution < 1.29 is 28.6 Å². The summed E-state index contributed by atoms with van der Waals surface area (Å²) >= 11 is 0. The number of carbonyl (C=O) groups is 3. The van der Waals surface area contributed by atoms with Crippen molar-refractivity contribution in [1.29, 1.82) is 0 Å². The van der Waals surface area contributed by atoms with Gasteiger partial charge in [0.1, 0.15) is 23.3 Å². The fraction of sp³-hybridized carbons (Fsp3) is 0.222. The highest BCUT2D eigenvalue weighted by atomic mass is 16.5. The molecule has 0 radical (unpaired) electrons. The van der Waals surface area contributed by atoms with E-state index >= 15 is 0 Å². The number of urea groups is 1. The van der Waals surface area contributed by atoms with Gasteiger partial charge in [0.2, 0.25) is 5.91 Å². The second-order valence-corrected chi connectivity index (χ2v) is 8.13. The normalized spacial score (nSPS) is 15.1. The summed E-state index contributed by atoms with van der Waals surface area (Å²) in [6, 6.07) is 19.2. The molecule has 0 bridgehead atoms. The lowest BCUT2D eigenvalue weighted by Gasteiger charge is -2.22. The van der Waals surface area contributed by atoms with Crippen LogP contribution >= 0.6 is 0 Å². The summed E-state index contributed by atoms with van der Waals surface area (Å²) in [4.78, 5) is 42.4. The van der Waals surface area contributed by atoms with Gasteiger partial charge in [0.05, 0.1) is 33.4 Å². The van der Waals surface area contributed by atoms with Gasteiger partial charge >= 0.3 is 6.03 Å². The van der Waals surface area contributed by atoms with Crippen molar-refractivity contribution in [3.63, 3.8) is 0 Å². The second-order valence-electron chi connectivity index (χ2n) is 8.13. The van der Waals surface area contributed by atoms with Crippen LogP contribution < -0.4 is 24.4 Å². The van der Waals surface area contributed by atoms with Crippen LogP contribution in [0.15, 0.2) is 72.8 Å². The first-order valence-electron chi connectivity index (χ1n) is 11.3. The fourth-order valence-corrected chi connectivity index (χ4v) is 4.01. The maximum absolute atomic E-state index is 13.5. The van der Waals surface area contributed by atoms with E-state index in [4.69, 9.17) is 14.2 Å². The van der Waals surface area contributed by atoms with Crippen LogP contribution in [-0.4, -0.2) is 50.1 Å². The molecule has 3 aromatic carbocycles. The maximum atomic E-state index is 13.5. The van der Waals surface area contributed by atoms with Crippen LogP contribution in [0.5, 0.6) is 17.2 Å². The van der Waals surface area contributed by atoms with Gasteiger partial charge in [-0.1, -0.05) is 12.1 Å². The molecule has 0 aliphatic carbocycles. The van der Waals surface area contributed by atoms with Crippen molar-refractivity contribution in [2.24, 2.45) is 0 Å². The molecule has 4 amide bonds. The van der Waals surface area contributed by atoms with Crippen LogP contribution in [0.25, 0.3) is 0 Å². The predicted molar refractivity (Wildman–Crippen MR) is 134 cm³/mol. The quantitative estimate of drug-likeness (QED) is 0.455. The number of imide groups is 1. The Morgan fingerprint density at radius 1 is 0.833 bits per heavy atom. The van der Waals surface area contributed by atoms with Crippen molar-refractivity contribution in [2.45, 2.75) is 19.0 Å². The Labute approximate surface area is 209 Å². The van der Waals surface area contributed by atoms with Crippen LogP contribution in [0.3, 0.4) is 0 Å². The summed E-state index contributed by atoms with van der Waals surface area (Å²) < 4.78 is 15.6. The number of anilines is 2. The van der Waals surface area contributed by atoms with Crippen molar-refractivity contribution in [3.05, 3.63) is 78.4 Å². The molecule has 4 rings (SSSR count). The first-order valence-corrected chi connectivity index (χ1v) is 11.3. The molecule has 0 spiro atoms. The number of rotatable bonds is 9. The molecule has 1 aliphatic rings. The number of nitrogens with one attached hydrogen (secondary N) is 1. The zero-order valence-corrected chi connectivity index (χ0v) is 20.3. The Kier molecular flexibility index (Phi) is 7.39. The van der Waals surface area contributed by atoms with Gasteiger partial charge in [-0.2, -0.15) is 0 Å². The minimum atomic E-state index is -0.982. The molecule has 186 valence electrons. The molecule has 9 nitrogen and oxygen atoms in total. The standard InChI is InChI=1S/C27H27N3O6/c1-34-21-11-7-19(8-12-21)28-25(31)16-24-26(32)30(20-9-13-22(35-2)14-10-20)27(33)29(24)17-18-5-4-6-23(15-18)36-3/h4-15,24H,16-17H2,1-3H3,(H,28,31)/t24-/m0/s1. The maximum Gasteiger partial charge on any atom is 0.332 e. The lowest BCUT2D eigenvalue weighted by molar-refractivity contribution is -0.124. The second kappa shape index (κ2) is 10.8. The number of hydrogen-bond acceptors (Lipinski definition) is 6. The van der Waals surface area contributed by atoms with Crippen LogP contribution in [0.1, 0.15) is 12.0 Å². The average Bonchev–Trinajstić information content (AvgIpc) is 3.13. The van der Waals surface area contributed by atoms with Crippen LogP contribution in [0.4, 0.5) is 16.2 Å². The van der Waals surface area contributed by atoms with E-state index in [2.05, 4.69) is 5.32 Å². The van der Waals surface area contributed by atoms with Crippen molar-refractivity contribution in [2.75, 3.05) is 31.5 Å². The number of hydrogen-bond donors (Lipinski definition) is 1. The molecule has 1 fully saturated rings. The summed E-state index contributed by atoms with van der Waals surface area (Å²) in [6.45, 7) is 0.134. The highest BCUT2D eigenvalue weighted by molar-refractivity contribution is 6.22. The molecule has 1 heterocycles. The van der Waals surface area contributed by atoms with Crippen molar-refractivity contribution in [1.82, 2.24) is 4.90 Å². The van der Waals surface area contributed by atoms with Gasteiger partial charge in [0, 0.05) is 12.2 Å². The van der Waals surface area contributed by atoms with Gasteiger partial charge in [-0.25, -0.2) is 9.69 Å². The summed E-state index contributed by atoms with van der Waals surface area (Å²) in [5.74, 6) is 1.02. The van der Waals surface area contributed by atoms with Gasteiger partial charge in [-0.15, -0.1) is 0 Å². The van der Waals surface area contributed by atoms with Gasteiger partial charge in [-0.3, -0.25) is 9.59 Å². The molecule has 0 saturated carbocycles. The first-order chi connectivity index (χ1) is 17.4. The SMILES string of the molecule is COc1ccc(NC(=O)C[C@H]2C(=O)N(c3ccc(OC)cc3)C(=O)N2Cc2cccc(OC)c2)cc1. The fourth-order valence-electron chi connectivity index (χ4n) is 4.01. The number of nitrogens with zero attached hydrogens (tertiary/aromatic N) is 2. The van der Waals surface area contributed by atoms with E-state index in [1.54, 1.807) is 74.9 Å². The Morgan fingerprint density at radius 3 is 2.06 bits per heavy atom. The molecule has 0 unspecified atom stereocenters. The summed E-state index contributed by atoms with van der Waals surface area (Å²) in [7, 11) is 4.65. The minimum absolute atomic E-state index is 0.134. The number of benzene rings is 3. The molecule has 1 N–H and O–H groups in total. The molecule has 36 heavy (non-hydrogen) atoms. The number of carbonyl (C=O) groups excluding carboxylic acids is 3. The first kappa shape index (κ1) is 24.6. The zero-order chi connectivity index (χ0) is 25.7. The van der Waals surface area contributed by atoms with Gasteiger partial charge in [0.15, 0.2) is 0 Å². The minimum Gasteiger partial charge on any atom is -0.497 e. The third kappa shape index (κ3) is 5.25. The summed E-state index contributed by atoms with van der Waals surface area (Å²) in [5.41, 5.74) is 1.73. The van der Waals surface area contributed by atoms with E-state index in [1.165, 1.54) is 12.0 Å². The Hall–Kier alpha value is -4.53. The van der Waals surface area contributed by atoms with E-state index in [-0.39, 0.29) is 13.0 Å². The van der Waals surface area contributed by atoms with Gasteiger partial charge in [0.25, 0.3) is 5.91 Å². The highest BCUT2D eigenvalue weighted by Gasteiger charge is 2.46. The number of amides is 4. The molecule has 3 aromatic rings. The largest absolute Gasteiger partial charge is 0.497 e. The van der Waals surface area contributed by atoms with Crippen molar-refractivity contribution >= 4 is 29.2 Å². The number of methoxy groups -OCH3 is 3. The van der Waals surface area contributed by atoms with Crippen molar-refractivity contribution in [3.8, 4) is 17.2 Å². The molecule has 9 heteroatoms. The van der Waals surface area contributed by atoms with E-state index in [0.717, 1.165) is 10.5 Å². The molecule has 0 aromatic heterocycles. The van der Waals surface area contributed by atoms with Gasteiger partial charge in [-0.05, 0) is 66.2 Å². The lowest BCUT2D eigenvalue weighted by Crippen LogP contribution is -2.37. The van der Waals surface area contributed by atoms with Crippen LogP contribution in [0, 0.1) is 0 Å². The third-order valence-electron chi connectivity index (χ3n) is 5.89. The summed E-state index contributed by atoms with van der Waals surface area (Å²) in [6.07, 6.45) is -0.201. The third-order valence-corrected chi connectivity index (χ3v) is 5.89. The Balaban J connectivity index is 1.59.